The highest BCUT2D eigenvalue weighted by molar-refractivity contribution is 7.91. The van der Waals surface area contributed by atoms with Crippen molar-refractivity contribution in [2.45, 2.75) is 12.2 Å². The molecule has 2 rings (SSSR count). The average molecular weight is 321 g/mol. The summed E-state index contributed by atoms with van der Waals surface area (Å²) < 4.78 is 26.6. The first-order valence-corrected chi connectivity index (χ1v) is 8.22. The second-order valence-electron chi connectivity index (χ2n) is 4.52. The fourth-order valence-electron chi connectivity index (χ4n) is 1.80. The minimum atomic E-state index is -3.48. The van der Waals surface area contributed by atoms with Gasteiger partial charge in [-0.05, 0) is 35.4 Å². The van der Waals surface area contributed by atoms with E-state index in [-0.39, 0.29) is 5.75 Å². The molecule has 2 aromatic carbocycles. The molecule has 0 saturated carbocycles. The summed E-state index contributed by atoms with van der Waals surface area (Å²) in [7, 11) is -3.48. The number of hydrogen-bond acceptors (Lipinski definition) is 3. The van der Waals surface area contributed by atoms with Crippen molar-refractivity contribution in [3.63, 3.8) is 0 Å². The SMILES string of the molecule is N#CCc1ccc(NS(=O)(=O)Cc2ccc(Cl)cc2)cc1. The number of hydrogen-bond donors (Lipinski definition) is 1. The molecule has 0 radical (unpaired) electrons. The molecule has 0 amide bonds. The zero-order valence-corrected chi connectivity index (χ0v) is 12.7. The first-order chi connectivity index (χ1) is 9.98. The van der Waals surface area contributed by atoms with E-state index in [1.54, 1.807) is 48.5 Å². The standard InChI is InChI=1S/C15H13ClN2O2S/c16-14-5-1-13(2-6-14)11-21(19,20)18-15-7-3-12(4-8-15)9-10-17/h1-8,18H,9,11H2. The summed E-state index contributed by atoms with van der Waals surface area (Å²) in [5, 5.41) is 9.15. The van der Waals surface area contributed by atoms with Crippen LogP contribution in [0.15, 0.2) is 48.5 Å². The Bertz CT molecular complexity index is 748. The van der Waals surface area contributed by atoms with Gasteiger partial charge >= 0.3 is 0 Å². The van der Waals surface area contributed by atoms with Crippen molar-refractivity contribution in [1.82, 2.24) is 0 Å². The summed E-state index contributed by atoms with van der Waals surface area (Å²) in [6.07, 6.45) is 0.303. The summed E-state index contributed by atoms with van der Waals surface area (Å²) in [5.41, 5.74) is 1.98. The topological polar surface area (TPSA) is 70.0 Å². The van der Waals surface area contributed by atoms with Gasteiger partial charge in [-0.3, -0.25) is 4.72 Å². The Labute approximate surface area is 129 Å². The molecule has 0 fully saturated rings. The van der Waals surface area contributed by atoms with Gasteiger partial charge in [0.15, 0.2) is 0 Å². The molecule has 0 unspecified atom stereocenters. The highest BCUT2D eigenvalue weighted by Crippen LogP contribution is 2.16. The van der Waals surface area contributed by atoms with Crippen molar-refractivity contribution in [3.8, 4) is 6.07 Å². The van der Waals surface area contributed by atoms with E-state index < -0.39 is 10.0 Å². The van der Waals surface area contributed by atoms with Crippen LogP contribution in [0.3, 0.4) is 0 Å². The molecule has 0 bridgehead atoms. The fraction of sp³-hybridized carbons (Fsp3) is 0.133. The van der Waals surface area contributed by atoms with E-state index in [0.717, 1.165) is 5.56 Å². The fourth-order valence-corrected chi connectivity index (χ4v) is 3.12. The van der Waals surface area contributed by atoms with E-state index >= 15 is 0 Å². The molecule has 0 aliphatic heterocycles. The molecule has 4 nitrogen and oxygen atoms in total. The Morgan fingerprint density at radius 2 is 1.57 bits per heavy atom. The van der Waals surface area contributed by atoms with Gasteiger partial charge in [-0.25, -0.2) is 8.42 Å². The molecule has 1 N–H and O–H groups in total. The van der Waals surface area contributed by atoms with Gasteiger partial charge in [-0.1, -0.05) is 35.9 Å². The predicted molar refractivity (Wildman–Crippen MR) is 83.5 cm³/mol. The van der Waals surface area contributed by atoms with Crippen molar-refractivity contribution >= 4 is 27.3 Å². The van der Waals surface area contributed by atoms with Gasteiger partial charge < -0.3 is 0 Å². The van der Waals surface area contributed by atoms with Crippen LogP contribution in [0.1, 0.15) is 11.1 Å². The maximum absolute atomic E-state index is 12.1. The van der Waals surface area contributed by atoms with Gasteiger partial charge in [0.2, 0.25) is 10.0 Å². The van der Waals surface area contributed by atoms with Crippen LogP contribution >= 0.6 is 11.6 Å². The van der Waals surface area contributed by atoms with Gasteiger partial charge in [-0.15, -0.1) is 0 Å². The summed E-state index contributed by atoms with van der Waals surface area (Å²) in [6, 6.07) is 15.4. The van der Waals surface area contributed by atoms with Crippen LogP contribution in [0.25, 0.3) is 0 Å². The first-order valence-electron chi connectivity index (χ1n) is 6.19. The Morgan fingerprint density at radius 3 is 2.14 bits per heavy atom. The highest BCUT2D eigenvalue weighted by atomic mass is 35.5. The molecule has 0 aliphatic rings. The monoisotopic (exact) mass is 320 g/mol. The zero-order chi connectivity index (χ0) is 15.3. The van der Waals surface area contributed by atoms with E-state index in [1.165, 1.54) is 0 Å². The normalized spacial score (nSPS) is 10.9. The molecule has 21 heavy (non-hydrogen) atoms. The van der Waals surface area contributed by atoms with Crippen molar-refractivity contribution < 1.29 is 8.42 Å². The minimum absolute atomic E-state index is 0.121. The molecule has 0 spiro atoms. The van der Waals surface area contributed by atoms with E-state index in [0.29, 0.717) is 22.7 Å². The molecular weight excluding hydrogens is 308 g/mol. The van der Waals surface area contributed by atoms with Crippen molar-refractivity contribution in [3.05, 3.63) is 64.7 Å². The van der Waals surface area contributed by atoms with E-state index in [2.05, 4.69) is 4.72 Å². The summed E-state index contributed by atoms with van der Waals surface area (Å²) in [4.78, 5) is 0. The zero-order valence-electron chi connectivity index (χ0n) is 11.1. The van der Waals surface area contributed by atoms with E-state index in [9.17, 15) is 8.42 Å². The van der Waals surface area contributed by atoms with Crippen LogP contribution in [-0.4, -0.2) is 8.42 Å². The molecule has 0 aliphatic carbocycles. The lowest BCUT2D eigenvalue weighted by molar-refractivity contribution is 0.600. The van der Waals surface area contributed by atoms with Crippen LogP contribution < -0.4 is 4.72 Å². The summed E-state index contributed by atoms with van der Waals surface area (Å²) >= 11 is 5.77. The van der Waals surface area contributed by atoms with Crippen molar-refractivity contribution in [2.24, 2.45) is 0 Å². The lowest BCUT2D eigenvalue weighted by Gasteiger charge is -2.08. The summed E-state index contributed by atoms with van der Waals surface area (Å²) in [5.74, 6) is -0.121. The second kappa shape index (κ2) is 6.61. The molecule has 6 heteroatoms. The van der Waals surface area contributed by atoms with E-state index in [1.807, 2.05) is 6.07 Å². The third-order valence-electron chi connectivity index (χ3n) is 2.78. The number of anilines is 1. The molecule has 2 aromatic rings. The number of nitrogens with one attached hydrogen (secondary N) is 1. The predicted octanol–water partition coefficient (Wildman–Crippen LogP) is 3.35. The number of rotatable bonds is 5. The van der Waals surface area contributed by atoms with Gasteiger partial charge in [0.25, 0.3) is 0 Å². The quantitative estimate of drug-likeness (QED) is 0.918. The number of halogens is 1. The highest BCUT2D eigenvalue weighted by Gasteiger charge is 2.11. The van der Waals surface area contributed by atoms with Crippen LogP contribution in [0.5, 0.6) is 0 Å². The molecular formula is C15H13ClN2O2S. The maximum atomic E-state index is 12.1. The Kier molecular flexibility index (Phi) is 4.84. The number of benzene rings is 2. The molecule has 108 valence electrons. The summed E-state index contributed by atoms with van der Waals surface area (Å²) in [6.45, 7) is 0. The Morgan fingerprint density at radius 1 is 1.00 bits per heavy atom. The first kappa shape index (κ1) is 15.4. The third-order valence-corrected chi connectivity index (χ3v) is 4.29. The lowest BCUT2D eigenvalue weighted by atomic mass is 10.1. The Hall–Kier alpha value is -2.03. The van der Waals surface area contributed by atoms with Crippen molar-refractivity contribution in [2.75, 3.05) is 4.72 Å². The number of sulfonamides is 1. The number of nitriles is 1. The second-order valence-corrected chi connectivity index (χ2v) is 6.68. The van der Waals surface area contributed by atoms with Gasteiger partial charge in [0, 0.05) is 10.7 Å². The number of nitrogens with zero attached hydrogens (tertiary/aromatic N) is 1. The van der Waals surface area contributed by atoms with Crippen LogP contribution in [-0.2, 0) is 22.2 Å². The van der Waals surface area contributed by atoms with Gasteiger partial charge in [0.1, 0.15) is 0 Å². The van der Waals surface area contributed by atoms with Crippen LogP contribution in [0.2, 0.25) is 5.02 Å². The van der Waals surface area contributed by atoms with Crippen LogP contribution in [0, 0.1) is 11.3 Å². The Balaban J connectivity index is 2.06. The van der Waals surface area contributed by atoms with Crippen LogP contribution in [0.4, 0.5) is 5.69 Å². The molecule has 0 heterocycles. The smallest absolute Gasteiger partial charge is 0.236 e. The van der Waals surface area contributed by atoms with E-state index in [4.69, 9.17) is 16.9 Å². The largest absolute Gasteiger partial charge is 0.283 e. The minimum Gasteiger partial charge on any atom is -0.283 e. The third kappa shape index (κ3) is 4.78. The molecule has 0 atom stereocenters. The van der Waals surface area contributed by atoms with Gasteiger partial charge in [-0.2, -0.15) is 5.26 Å². The van der Waals surface area contributed by atoms with Gasteiger partial charge in [0.05, 0.1) is 18.2 Å². The lowest BCUT2D eigenvalue weighted by Crippen LogP contribution is -2.15. The maximum Gasteiger partial charge on any atom is 0.236 e. The molecule has 0 aromatic heterocycles. The molecule has 0 saturated heterocycles. The van der Waals surface area contributed by atoms with Crippen molar-refractivity contribution in [1.29, 1.82) is 5.26 Å². The average Bonchev–Trinajstić information content (AvgIpc) is 2.43.